The van der Waals surface area contributed by atoms with Crippen LogP contribution in [-0.2, 0) is 0 Å². The minimum absolute atomic E-state index is 0.269. The van der Waals surface area contributed by atoms with Crippen LogP contribution < -0.4 is 0 Å². The summed E-state index contributed by atoms with van der Waals surface area (Å²) in [5, 5.41) is 0. The fraction of sp³-hybridized carbons (Fsp3) is 0.500. The Bertz CT molecular complexity index is 206. The van der Waals surface area contributed by atoms with E-state index in [0.717, 1.165) is 12.2 Å². The molecule has 0 aromatic heterocycles. The smallest absolute Gasteiger partial charge is 0.0327 e. The lowest BCUT2D eigenvalue weighted by Crippen LogP contribution is -2.27. The number of hydrogen-bond acceptors (Lipinski definition) is 1. The highest BCUT2D eigenvalue weighted by molar-refractivity contribution is 5.13. The van der Waals surface area contributed by atoms with Crippen molar-refractivity contribution >= 4 is 0 Å². The highest BCUT2D eigenvalue weighted by Gasteiger charge is 2.14. The van der Waals surface area contributed by atoms with E-state index in [1.807, 2.05) is 19.2 Å². The first-order valence-electron chi connectivity index (χ1n) is 4.61. The van der Waals surface area contributed by atoms with Gasteiger partial charge in [-0.15, -0.1) is 0 Å². The molecule has 0 bridgehead atoms. The molecule has 13 heavy (non-hydrogen) atoms. The van der Waals surface area contributed by atoms with Crippen molar-refractivity contribution in [2.45, 2.75) is 27.7 Å². The van der Waals surface area contributed by atoms with Crippen LogP contribution in [0.15, 0.2) is 37.2 Å². The molecule has 1 nitrogen and oxygen atoms in total. The first-order valence-corrected chi connectivity index (χ1v) is 4.61. The number of nitrogens with zero attached hydrogens (tertiary/aromatic N) is 1. The predicted octanol–water partition coefficient (Wildman–Crippen LogP) is 3.57. The molecule has 0 spiro atoms. The third-order valence-corrected chi connectivity index (χ3v) is 1.58. The van der Waals surface area contributed by atoms with Crippen molar-refractivity contribution in [1.29, 1.82) is 0 Å². The highest BCUT2D eigenvalue weighted by Crippen LogP contribution is 2.18. The lowest BCUT2D eigenvalue weighted by atomic mass is 9.96. The molecule has 0 aromatic rings. The van der Waals surface area contributed by atoms with Gasteiger partial charge in [-0.25, -0.2) is 0 Å². The van der Waals surface area contributed by atoms with Crippen LogP contribution in [0.25, 0.3) is 0 Å². The zero-order valence-electron chi connectivity index (χ0n) is 9.30. The summed E-state index contributed by atoms with van der Waals surface area (Å²) in [7, 11) is 0. The van der Waals surface area contributed by atoms with E-state index < -0.39 is 0 Å². The topological polar surface area (TPSA) is 3.24 Å². The maximum atomic E-state index is 3.93. The van der Waals surface area contributed by atoms with Crippen LogP contribution in [0.5, 0.6) is 0 Å². The molecular weight excluding hydrogens is 158 g/mol. The fourth-order valence-electron chi connectivity index (χ4n) is 1.06. The first-order chi connectivity index (χ1) is 5.90. The SMILES string of the molecule is C=CC(=C)N(/C=C/C)CC(C)(C)C. The molecule has 0 atom stereocenters. The maximum absolute atomic E-state index is 3.93. The van der Waals surface area contributed by atoms with Crippen molar-refractivity contribution < 1.29 is 0 Å². The van der Waals surface area contributed by atoms with Gasteiger partial charge in [-0.05, 0) is 24.6 Å². The normalized spacial score (nSPS) is 11.7. The quantitative estimate of drug-likeness (QED) is 0.596. The third kappa shape index (κ3) is 5.29. The van der Waals surface area contributed by atoms with E-state index in [0.29, 0.717) is 0 Å². The molecule has 0 unspecified atom stereocenters. The van der Waals surface area contributed by atoms with Crippen LogP contribution in [0.3, 0.4) is 0 Å². The van der Waals surface area contributed by atoms with Crippen molar-refractivity contribution in [1.82, 2.24) is 4.90 Å². The largest absolute Gasteiger partial charge is 0.348 e. The minimum Gasteiger partial charge on any atom is -0.348 e. The van der Waals surface area contributed by atoms with Crippen molar-refractivity contribution in [3.8, 4) is 0 Å². The second-order valence-electron chi connectivity index (χ2n) is 4.37. The molecular formula is C12H21N. The Morgan fingerprint density at radius 2 is 1.92 bits per heavy atom. The Morgan fingerprint density at radius 1 is 1.38 bits per heavy atom. The standard InChI is InChI=1S/C12H21N/c1-7-9-13(11(3)8-2)10-12(4,5)6/h7-9H,2-3,10H2,1,4-6H3/b9-7+. The minimum atomic E-state index is 0.269. The summed E-state index contributed by atoms with van der Waals surface area (Å²) in [6.45, 7) is 17.2. The average molecular weight is 179 g/mol. The van der Waals surface area contributed by atoms with Gasteiger partial charge < -0.3 is 4.90 Å². The van der Waals surface area contributed by atoms with Gasteiger partial charge in [0.1, 0.15) is 0 Å². The van der Waals surface area contributed by atoms with E-state index >= 15 is 0 Å². The van der Waals surface area contributed by atoms with Crippen LogP contribution in [0.4, 0.5) is 0 Å². The molecule has 0 aliphatic carbocycles. The van der Waals surface area contributed by atoms with Gasteiger partial charge >= 0.3 is 0 Å². The molecule has 0 saturated heterocycles. The molecule has 1 heteroatoms. The summed E-state index contributed by atoms with van der Waals surface area (Å²) in [5.74, 6) is 0. The summed E-state index contributed by atoms with van der Waals surface area (Å²) in [5.41, 5.74) is 1.22. The van der Waals surface area contributed by atoms with Crippen molar-refractivity contribution in [2.24, 2.45) is 5.41 Å². The highest BCUT2D eigenvalue weighted by atomic mass is 15.1. The van der Waals surface area contributed by atoms with E-state index in [1.165, 1.54) is 0 Å². The molecule has 0 amide bonds. The third-order valence-electron chi connectivity index (χ3n) is 1.58. The van der Waals surface area contributed by atoms with Gasteiger partial charge in [0.15, 0.2) is 0 Å². The molecule has 0 radical (unpaired) electrons. The average Bonchev–Trinajstić information content (AvgIpc) is 2.00. The first kappa shape index (κ1) is 12.0. The van der Waals surface area contributed by atoms with Gasteiger partial charge in [0.25, 0.3) is 0 Å². The number of allylic oxidation sites excluding steroid dienone is 2. The van der Waals surface area contributed by atoms with E-state index in [-0.39, 0.29) is 5.41 Å². The second-order valence-corrected chi connectivity index (χ2v) is 4.37. The predicted molar refractivity (Wildman–Crippen MR) is 60.3 cm³/mol. The second kappa shape index (κ2) is 4.90. The van der Waals surface area contributed by atoms with E-state index in [9.17, 15) is 0 Å². The van der Waals surface area contributed by atoms with Gasteiger partial charge in [-0.1, -0.05) is 40.0 Å². The molecule has 0 N–H and O–H groups in total. The number of rotatable bonds is 4. The van der Waals surface area contributed by atoms with E-state index in [1.54, 1.807) is 6.08 Å². The van der Waals surface area contributed by atoms with Gasteiger partial charge in [0.05, 0.1) is 0 Å². The van der Waals surface area contributed by atoms with E-state index in [4.69, 9.17) is 0 Å². The summed E-state index contributed by atoms with van der Waals surface area (Å²) < 4.78 is 0. The zero-order valence-corrected chi connectivity index (χ0v) is 9.30. The van der Waals surface area contributed by atoms with Crippen LogP contribution >= 0.6 is 0 Å². The Hall–Kier alpha value is -0.980. The van der Waals surface area contributed by atoms with Crippen LogP contribution in [0.2, 0.25) is 0 Å². The zero-order chi connectivity index (χ0) is 10.5. The molecule has 0 fully saturated rings. The van der Waals surface area contributed by atoms with Crippen molar-refractivity contribution in [2.75, 3.05) is 6.54 Å². The molecule has 0 rings (SSSR count). The van der Waals surface area contributed by atoms with Gasteiger partial charge in [0.2, 0.25) is 0 Å². The summed E-state index contributed by atoms with van der Waals surface area (Å²) >= 11 is 0. The monoisotopic (exact) mass is 179 g/mol. The van der Waals surface area contributed by atoms with Gasteiger partial charge in [-0.2, -0.15) is 0 Å². The Labute approximate surface area is 82.4 Å². The van der Waals surface area contributed by atoms with Gasteiger partial charge in [-0.3, -0.25) is 0 Å². The molecule has 0 heterocycles. The molecule has 0 aliphatic heterocycles. The lowest BCUT2D eigenvalue weighted by molar-refractivity contribution is 0.296. The maximum Gasteiger partial charge on any atom is 0.0327 e. The summed E-state index contributed by atoms with van der Waals surface area (Å²) in [4.78, 5) is 2.12. The fourth-order valence-corrected chi connectivity index (χ4v) is 1.06. The summed E-state index contributed by atoms with van der Waals surface area (Å²) in [6, 6.07) is 0. The van der Waals surface area contributed by atoms with E-state index in [2.05, 4.69) is 38.8 Å². The lowest BCUT2D eigenvalue weighted by Gasteiger charge is -2.29. The van der Waals surface area contributed by atoms with Crippen LogP contribution in [-0.4, -0.2) is 11.4 Å². The van der Waals surface area contributed by atoms with Crippen LogP contribution in [0.1, 0.15) is 27.7 Å². The Morgan fingerprint density at radius 3 is 2.23 bits per heavy atom. The molecule has 0 aliphatic rings. The number of hydrogen-bond donors (Lipinski definition) is 0. The van der Waals surface area contributed by atoms with Crippen molar-refractivity contribution in [3.63, 3.8) is 0 Å². The van der Waals surface area contributed by atoms with Crippen LogP contribution in [0, 0.1) is 5.41 Å². The van der Waals surface area contributed by atoms with Crippen molar-refractivity contribution in [3.05, 3.63) is 37.2 Å². The Kier molecular flexibility index (Phi) is 4.53. The molecule has 0 saturated carbocycles. The molecule has 0 aromatic carbocycles. The van der Waals surface area contributed by atoms with Gasteiger partial charge in [0, 0.05) is 12.2 Å². The summed E-state index contributed by atoms with van der Waals surface area (Å²) in [6.07, 6.45) is 5.83. The molecule has 74 valence electrons. The Balaban J connectivity index is 4.44.